The predicted octanol–water partition coefficient (Wildman–Crippen LogP) is 2.20. The van der Waals surface area contributed by atoms with Gasteiger partial charge in [-0.1, -0.05) is 0 Å². The van der Waals surface area contributed by atoms with Crippen LogP contribution in [0.5, 0.6) is 5.75 Å². The molecule has 0 saturated heterocycles. The highest BCUT2D eigenvalue weighted by molar-refractivity contribution is 6.03. The lowest BCUT2D eigenvalue weighted by atomic mass is 10.2. The van der Waals surface area contributed by atoms with Crippen LogP contribution in [0, 0.1) is 11.6 Å². The maximum absolute atomic E-state index is 13.4. The third kappa shape index (κ3) is 2.82. The van der Waals surface area contributed by atoms with E-state index in [2.05, 4.69) is 10.3 Å². The first kappa shape index (κ1) is 13.7. The average Bonchev–Trinajstić information content (AvgIpc) is 2.44. The van der Waals surface area contributed by atoms with Crippen molar-refractivity contribution in [2.75, 3.05) is 18.2 Å². The Morgan fingerprint density at radius 2 is 1.90 bits per heavy atom. The molecule has 5 nitrogen and oxygen atoms in total. The number of pyridine rings is 1. The smallest absolute Gasteiger partial charge is 0.256 e. The third-order valence-electron chi connectivity index (χ3n) is 2.54. The second kappa shape index (κ2) is 5.52. The number of nitrogens with two attached hydrogens (primary N) is 1. The number of amides is 1. The number of carbonyl (C=O) groups excluding carboxylic acids is 1. The van der Waals surface area contributed by atoms with Crippen LogP contribution >= 0.6 is 0 Å². The summed E-state index contributed by atoms with van der Waals surface area (Å²) >= 11 is 0. The molecule has 0 fully saturated rings. The molecule has 1 aromatic heterocycles. The number of ether oxygens (including phenoxy) is 1. The number of rotatable bonds is 3. The number of hydrogen-bond acceptors (Lipinski definition) is 4. The number of nitrogen functional groups attached to an aromatic ring is 1. The number of halogens is 2. The molecule has 0 aliphatic heterocycles. The minimum absolute atomic E-state index is 0.273. The number of benzene rings is 1. The molecule has 2 rings (SSSR count). The number of aromatic nitrogens is 1. The summed E-state index contributed by atoms with van der Waals surface area (Å²) in [5, 5.41) is 2.22. The Morgan fingerprint density at radius 3 is 2.50 bits per heavy atom. The molecule has 3 N–H and O–H groups in total. The molecule has 0 aliphatic rings. The van der Waals surface area contributed by atoms with E-state index in [-0.39, 0.29) is 5.56 Å². The molecule has 1 amide bonds. The third-order valence-corrected chi connectivity index (χ3v) is 2.54. The minimum Gasteiger partial charge on any atom is -0.497 e. The van der Waals surface area contributed by atoms with Gasteiger partial charge < -0.3 is 15.8 Å². The lowest BCUT2D eigenvalue weighted by molar-refractivity contribution is 0.102. The van der Waals surface area contributed by atoms with E-state index < -0.39 is 29.2 Å². The highest BCUT2D eigenvalue weighted by Crippen LogP contribution is 2.18. The zero-order valence-corrected chi connectivity index (χ0v) is 10.5. The van der Waals surface area contributed by atoms with Crippen molar-refractivity contribution < 1.29 is 18.3 Å². The Labute approximate surface area is 113 Å². The zero-order valence-electron chi connectivity index (χ0n) is 10.5. The van der Waals surface area contributed by atoms with Crippen molar-refractivity contribution in [3.63, 3.8) is 0 Å². The molecule has 0 spiro atoms. The van der Waals surface area contributed by atoms with Gasteiger partial charge in [-0.3, -0.25) is 4.79 Å². The summed E-state index contributed by atoms with van der Waals surface area (Å²) in [6.45, 7) is 0. The number of carbonyl (C=O) groups is 1. The van der Waals surface area contributed by atoms with E-state index in [4.69, 9.17) is 10.5 Å². The number of hydrogen-bond donors (Lipinski definition) is 2. The Morgan fingerprint density at radius 1 is 1.25 bits per heavy atom. The van der Waals surface area contributed by atoms with Gasteiger partial charge in [-0.15, -0.1) is 0 Å². The van der Waals surface area contributed by atoms with Crippen molar-refractivity contribution >= 4 is 17.5 Å². The van der Waals surface area contributed by atoms with Crippen LogP contribution in [0.2, 0.25) is 0 Å². The van der Waals surface area contributed by atoms with Gasteiger partial charge in [-0.05, 0) is 24.3 Å². The monoisotopic (exact) mass is 279 g/mol. The lowest BCUT2D eigenvalue weighted by Crippen LogP contribution is -2.15. The van der Waals surface area contributed by atoms with E-state index in [0.717, 1.165) is 0 Å². The van der Waals surface area contributed by atoms with Gasteiger partial charge in [0.2, 0.25) is 0 Å². The van der Waals surface area contributed by atoms with Crippen LogP contribution in [0.1, 0.15) is 10.4 Å². The summed E-state index contributed by atoms with van der Waals surface area (Å²) in [6, 6.07) is 6.72. The maximum Gasteiger partial charge on any atom is 0.256 e. The van der Waals surface area contributed by atoms with E-state index >= 15 is 0 Å². The summed E-state index contributed by atoms with van der Waals surface area (Å²) in [5.74, 6) is -2.91. The Bertz CT molecular complexity index is 645. The van der Waals surface area contributed by atoms with E-state index in [1.54, 1.807) is 12.1 Å². The standard InChI is InChI=1S/C13H11F2N3O2/c1-20-8-4-2-7(3-5-8)13(19)18-12-10(15)6-9(14)11(16)17-12/h2-6H,1H3,(H3,16,17,18,19). The van der Waals surface area contributed by atoms with Crippen LogP contribution in [0.3, 0.4) is 0 Å². The van der Waals surface area contributed by atoms with Crippen molar-refractivity contribution in [1.82, 2.24) is 4.98 Å². The van der Waals surface area contributed by atoms with Crippen LogP contribution in [0.15, 0.2) is 30.3 Å². The number of anilines is 2. The molecule has 0 aliphatic carbocycles. The van der Waals surface area contributed by atoms with Gasteiger partial charge >= 0.3 is 0 Å². The molecule has 0 saturated carbocycles. The zero-order chi connectivity index (χ0) is 14.7. The Hall–Kier alpha value is -2.70. The van der Waals surface area contributed by atoms with Gasteiger partial charge in [0.25, 0.3) is 5.91 Å². The SMILES string of the molecule is COc1ccc(C(=O)Nc2nc(N)c(F)cc2F)cc1. The molecule has 20 heavy (non-hydrogen) atoms. The predicted molar refractivity (Wildman–Crippen MR) is 69.5 cm³/mol. The van der Waals surface area contributed by atoms with Crippen LogP contribution in [0.25, 0.3) is 0 Å². The summed E-state index contributed by atoms with van der Waals surface area (Å²) in [7, 11) is 1.50. The van der Waals surface area contributed by atoms with Crippen LogP contribution < -0.4 is 15.8 Å². The van der Waals surface area contributed by atoms with E-state index in [9.17, 15) is 13.6 Å². The van der Waals surface area contributed by atoms with Gasteiger partial charge in [0.1, 0.15) is 5.75 Å². The molecular weight excluding hydrogens is 268 g/mol. The molecular formula is C13H11F2N3O2. The van der Waals surface area contributed by atoms with Crippen molar-refractivity contribution in [3.8, 4) is 5.75 Å². The number of nitrogens with zero attached hydrogens (tertiary/aromatic N) is 1. The first-order chi connectivity index (χ1) is 9.51. The summed E-state index contributed by atoms with van der Waals surface area (Å²) in [6.07, 6.45) is 0. The van der Waals surface area contributed by atoms with Crippen LogP contribution in [-0.2, 0) is 0 Å². The topological polar surface area (TPSA) is 77.2 Å². The van der Waals surface area contributed by atoms with Gasteiger partial charge in [0, 0.05) is 11.6 Å². The molecule has 1 aromatic carbocycles. The van der Waals surface area contributed by atoms with Gasteiger partial charge in [-0.25, -0.2) is 13.8 Å². The second-order valence-corrected chi connectivity index (χ2v) is 3.87. The van der Waals surface area contributed by atoms with Crippen LogP contribution in [-0.4, -0.2) is 18.0 Å². The van der Waals surface area contributed by atoms with Gasteiger partial charge in [-0.2, -0.15) is 0 Å². The highest BCUT2D eigenvalue weighted by Gasteiger charge is 2.13. The average molecular weight is 279 g/mol. The van der Waals surface area contributed by atoms with E-state index in [1.165, 1.54) is 19.2 Å². The van der Waals surface area contributed by atoms with Gasteiger partial charge in [0.15, 0.2) is 23.3 Å². The number of nitrogens with one attached hydrogen (secondary N) is 1. The highest BCUT2D eigenvalue weighted by atomic mass is 19.1. The second-order valence-electron chi connectivity index (χ2n) is 3.87. The van der Waals surface area contributed by atoms with E-state index in [1.807, 2.05) is 0 Å². The lowest BCUT2D eigenvalue weighted by Gasteiger charge is -2.07. The molecule has 7 heteroatoms. The fourth-order valence-corrected chi connectivity index (χ4v) is 1.49. The fraction of sp³-hybridized carbons (Fsp3) is 0.0769. The minimum atomic E-state index is -1.00. The largest absolute Gasteiger partial charge is 0.497 e. The van der Waals surface area contributed by atoms with Crippen LogP contribution in [0.4, 0.5) is 20.4 Å². The van der Waals surface area contributed by atoms with Crippen molar-refractivity contribution in [3.05, 3.63) is 47.5 Å². The maximum atomic E-state index is 13.4. The molecule has 0 unspecified atom stereocenters. The molecule has 1 heterocycles. The summed E-state index contributed by atoms with van der Waals surface area (Å²) < 4.78 is 31.3. The Balaban J connectivity index is 2.20. The summed E-state index contributed by atoms with van der Waals surface area (Å²) in [5.41, 5.74) is 5.49. The van der Waals surface area contributed by atoms with E-state index in [0.29, 0.717) is 11.8 Å². The molecule has 104 valence electrons. The fourth-order valence-electron chi connectivity index (χ4n) is 1.49. The quantitative estimate of drug-likeness (QED) is 0.903. The molecule has 0 bridgehead atoms. The normalized spacial score (nSPS) is 10.2. The number of methoxy groups -OCH3 is 1. The first-order valence-corrected chi connectivity index (χ1v) is 5.58. The summed E-state index contributed by atoms with van der Waals surface area (Å²) in [4.78, 5) is 15.3. The van der Waals surface area contributed by atoms with Crippen molar-refractivity contribution in [2.45, 2.75) is 0 Å². The molecule has 2 aromatic rings. The van der Waals surface area contributed by atoms with Crippen molar-refractivity contribution in [2.24, 2.45) is 0 Å². The first-order valence-electron chi connectivity index (χ1n) is 5.58. The Kier molecular flexibility index (Phi) is 3.79. The van der Waals surface area contributed by atoms with Crippen molar-refractivity contribution in [1.29, 1.82) is 0 Å². The molecule has 0 atom stereocenters. The van der Waals surface area contributed by atoms with Gasteiger partial charge in [0.05, 0.1) is 7.11 Å². The molecule has 0 radical (unpaired) electrons.